The Morgan fingerprint density at radius 1 is 1.03 bits per heavy atom. The van der Waals surface area contributed by atoms with Crippen LogP contribution in [-0.4, -0.2) is 25.0 Å². The van der Waals surface area contributed by atoms with E-state index in [0.717, 1.165) is 39.2 Å². The zero-order valence-electron chi connectivity index (χ0n) is 16.6. The van der Waals surface area contributed by atoms with E-state index in [1.807, 2.05) is 49.4 Å². The minimum atomic E-state index is -0.656. The summed E-state index contributed by atoms with van der Waals surface area (Å²) in [6.45, 7) is 2.05. The van der Waals surface area contributed by atoms with Crippen molar-refractivity contribution in [2.24, 2.45) is 0 Å². The van der Waals surface area contributed by atoms with Crippen LogP contribution in [0.4, 0.5) is 0 Å². The van der Waals surface area contributed by atoms with E-state index in [1.54, 1.807) is 6.07 Å². The smallest absolute Gasteiger partial charge is 0.328 e. The van der Waals surface area contributed by atoms with Crippen LogP contribution in [0.15, 0.2) is 65.1 Å². The number of benzene rings is 3. The summed E-state index contributed by atoms with van der Waals surface area (Å²) < 4.78 is 5.76. The summed E-state index contributed by atoms with van der Waals surface area (Å²) in [6, 6.07) is 19.0. The van der Waals surface area contributed by atoms with Gasteiger partial charge in [0.15, 0.2) is 0 Å². The van der Waals surface area contributed by atoms with Crippen LogP contribution < -0.4 is 5.32 Å². The lowest BCUT2D eigenvalue weighted by Gasteiger charge is -2.18. The van der Waals surface area contributed by atoms with Crippen molar-refractivity contribution in [2.75, 3.05) is 7.11 Å². The van der Waals surface area contributed by atoms with Crippen molar-refractivity contribution in [1.29, 1.82) is 0 Å². The molecular weight excluding hydrogens is 430 g/mol. The third-order valence-corrected chi connectivity index (χ3v) is 5.44. The lowest BCUT2D eigenvalue weighted by Crippen LogP contribution is -2.41. The van der Waals surface area contributed by atoms with Gasteiger partial charge in [-0.05, 0) is 46.5 Å². The summed E-state index contributed by atoms with van der Waals surface area (Å²) in [6.07, 6.45) is 2.31. The Hall–Kier alpha value is -2.66. The fourth-order valence-corrected chi connectivity index (χ4v) is 3.79. The second-order valence-corrected chi connectivity index (χ2v) is 7.82. The molecule has 29 heavy (non-hydrogen) atoms. The van der Waals surface area contributed by atoms with Gasteiger partial charge in [-0.1, -0.05) is 78.2 Å². The van der Waals surface area contributed by atoms with Crippen LogP contribution in [0.25, 0.3) is 21.9 Å². The molecular formula is C24H24BrNO3. The molecule has 0 bridgehead atoms. The molecule has 0 aromatic heterocycles. The van der Waals surface area contributed by atoms with Gasteiger partial charge in [-0.3, -0.25) is 4.79 Å². The predicted molar refractivity (Wildman–Crippen MR) is 120 cm³/mol. The monoisotopic (exact) mass is 453 g/mol. The van der Waals surface area contributed by atoms with Crippen molar-refractivity contribution in [3.63, 3.8) is 0 Å². The van der Waals surface area contributed by atoms with E-state index in [9.17, 15) is 9.59 Å². The first-order valence-corrected chi connectivity index (χ1v) is 10.5. The van der Waals surface area contributed by atoms with Crippen molar-refractivity contribution >= 4 is 38.6 Å². The van der Waals surface area contributed by atoms with Crippen molar-refractivity contribution in [2.45, 2.75) is 32.2 Å². The third kappa shape index (κ3) is 4.85. The number of esters is 1. The number of ether oxygens (including phenoxy) is 1. The van der Waals surface area contributed by atoms with Crippen LogP contribution in [-0.2, 0) is 9.53 Å². The third-order valence-electron chi connectivity index (χ3n) is 4.94. The molecule has 3 aromatic carbocycles. The zero-order chi connectivity index (χ0) is 20.8. The van der Waals surface area contributed by atoms with E-state index in [0.29, 0.717) is 12.0 Å². The molecule has 0 radical (unpaired) electrons. The first kappa shape index (κ1) is 21.1. The standard InChI is InChI=1S/C24H24BrNO3/c1-3-4-12-22(24(28)29-2)26-23(27)20-14-13-17(25)15-21(20)19-11-7-9-16-8-5-6-10-18(16)19/h5-11,13-15,22H,3-4,12H2,1-2H3,(H,26,27)/t22-/m0/s1. The molecule has 3 rings (SSSR count). The Kier molecular flexibility index (Phi) is 7.04. The number of hydrogen-bond donors (Lipinski definition) is 1. The average molecular weight is 454 g/mol. The highest BCUT2D eigenvalue weighted by Gasteiger charge is 2.23. The lowest BCUT2D eigenvalue weighted by atomic mass is 9.94. The van der Waals surface area contributed by atoms with Crippen LogP contribution >= 0.6 is 15.9 Å². The number of rotatable bonds is 7. The molecule has 1 N–H and O–H groups in total. The summed E-state index contributed by atoms with van der Waals surface area (Å²) in [5.74, 6) is -0.706. The summed E-state index contributed by atoms with van der Waals surface area (Å²) in [7, 11) is 1.34. The number of unbranched alkanes of at least 4 members (excludes halogenated alkanes) is 1. The van der Waals surface area contributed by atoms with Gasteiger partial charge in [0.1, 0.15) is 6.04 Å². The fraction of sp³-hybridized carbons (Fsp3) is 0.250. The van der Waals surface area contributed by atoms with Crippen LogP contribution in [0.5, 0.6) is 0 Å². The SMILES string of the molecule is CCCC[C@H](NC(=O)c1ccc(Br)cc1-c1cccc2ccccc12)C(=O)OC. The first-order chi connectivity index (χ1) is 14.0. The van der Waals surface area contributed by atoms with E-state index in [1.165, 1.54) is 7.11 Å². The van der Waals surface area contributed by atoms with Gasteiger partial charge >= 0.3 is 5.97 Å². The number of hydrogen-bond acceptors (Lipinski definition) is 3. The van der Waals surface area contributed by atoms with Crippen LogP contribution in [0.3, 0.4) is 0 Å². The number of nitrogens with one attached hydrogen (secondary N) is 1. The molecule has 150 valence electrons. The predicted octanol–water partition coefficient (Wildman–Crippen LogP) is 5.73. The summed E-state index contributed by atoms with van der Waals surface area (Å²) in [5, 5.41) is 5.04. The summed E-state index contributed by atoms with van der Waals surface area (Å²) >= 11 is 3.52. The van der Waals surface area contributed by atoms with Gasteiger partial charge in [0, 0.05) is 10.0 Å². The molecule has 0 saturated heterocycles. The molecule has 0 unspecified atom stereocenters. The van der Waals surface area contributed by atoms with Crippen LogP contribution in [0, 0.1) is 0 Å². The largest absolute Gasteiger partial charge is 0.467 e. The van der Waals surface area contributed by atoms with E-state index in [-0.39, 0.29) is 5.91 Å². The second-order valence-electron chi connectivity index (χ2n) is 6.91. The molecule has 0 saturated carbocycles. The highest BCUT2D eigenvalue weighted by molar-refractivity contribution is 9.10. The van der Waals surface area contributed by atoms with Gasteiger partial charge in [0.2, 0.25) is 0 Å². The average Bonchev–Trinajstić information content (AvgIpc) is 2.75. The zero-order valence-corrected chi connectivity index (χ0v) is 18.2. The Balaban J connectivity index is 2.02. The molecule has 5 heteroatoms. The summed E-state index contributed by atoms with van der Waals surface area (Å²) in [4.78, 5) is 25.3. The molecule has 0 aliphatic heterocycles. The number of amides is 1. The van der Waals surface area contributed by atoms with E-state index >= 15 is 0 Å². The minimum Gasteiger partial charge on any atom is -0.467 e. The molecule has 1 amide bonds. The summed E-state index contributed by atoms with van der Waals surface area (Å²) in [5.41, 5.74) is 2.31. The number of carbonyl (C=O) groups excluding carboxylic acids is 2. The Labute approximate surface area is 179 Å². The molecule has 0 aliphatic rings. The molecule has 1 atom stereocenters. The van der Waals surface area contributed by atoms with Gasteiger partial charge in [-0.15, -0.1) is 0 Å². The molecule has 0 heterocycles. The quantitative estimate of drug-likeness (QED) is 0.464. The van der Waals surface area contributed by atoms with Crippen LogP contribution in [0.1, 0.15) is 36.5 Å². The maximum Gasteiger partial charge on any atom is 0.328 e. The number of halogens is 1. The van der Waals surface area contributed by atoms with Crippen molar-refractivity contribution in [3.05, 3.63) is 70.7 Å². The van der Waals surface area contributed by atoms with Gasteiger partial charge in [-0.25, -0.2) is 4.79 Å². The van der Waals surface area contributed by atoms with Crippen molar-refractivity contribution in [3.8, 4) is 11.1 Å². The topological polar surface area (TPSA) is 55.4 Å². The molecule has 0 aliphatic carbocycles. The Bertz CT molecular complexity index is 1030. The van der Waals surface area contributed by atoms with Crippen molar-refractivity contribution in [1.82, 2.24) is 5.32 Å². The normalized spacial score (nSPS) is 11.8. The lowest BCUT2D eigenvalue weighted by molar-refractivity contribution is -0.143. The maximum atomic E-state index is 13.1. The molecule has 0 fully saturated rings. The van der Waals surface area contributed by atoms with E-state index < -0.39 is 12.0 Å². The molecule has 3 aromatic rings. The Morgan fingerprint density at radius 2 is 1.79 bits per heavy atom. The van der Waals surface area contributed by atoms with Crippen LogP contribution in [0.2, 0.25) is 0 Å². The number of fused-ring (bicyclic) bond motifs is 1. The minimum absolute atomic E-state index is 0.285. The second kappa shape index (κ2) is 9.70. The highest BCUT2D eigenvalue weighted by atomic mass is 79.9. The van der Waals surface area contributed by atoms with E-state index in [4.69, 9.17) is 4.74 Å². The number of carbonyl (C=O) groups is 2. The van der Waals surface area contributed by atoms with Gasteiger partial charge in [0.25, 0.3) is 5.91 Å². The van der Waals surface area contributed by atoms with Gasteiger partial charge in [0.05, 0.1) is 7.11 Å². The first-order valence-electron chi connectivity index (χ1n) is 9.71. The van der Waals surface area contributed by atoms with Gasteiger partial charge in [-0.2, -0.15) is 0 Å². The van der Waals surface area contributed by atoms with Crippen molar-refractivity contribution < 1.29 is 14.3 Å². The fourth-order valence-electron chi connectivity index (χ4n) is 3.43. The Morgan fingerprint density at radius 3 is 2.55 bits per heavy atom. The van der Waals surface area contributed by atoms with Gasteiger partial charge < -0.3 is 10.1 Å². The molecule has 0 spiro atoms. The number of methoxy groups -OCH3 is 1. The highest BCUT2D eigenvalue weighted by Crippen LogP contribution is 2.33. The van der Waals surface area contributed by atoms with E-state index in [2.05, 4.69) is 33.4 Å². The maximum absolute atomic E-state index is 13.1. The molecule has 4 nitrogen and oxygen atoms in total.